The van der Waals surface area contributed by atoms with Gasteiger partial charge >= 0.3 is 0 Å². The van der Waals surface area contributed by atoms with Crippen molar-refractivity contribution in [1.29, 1.82) is 0 Å². The van der Waals surface area contributed by atoms with E-state index in [9.17, 15) is 4.39 Å². The van der Waals surface area contributed by atoms with Crippen molar-refractivity contribution in [2.45, 2.75) is 52.2 Å². The van der Waals surface area contributed by atoms with Crippen molar-refractivity contribution in [3.8, 4) is 0 Å². The molecule has 4 heteroatoms. The van der Waals surface area contributed by atoms with Crippen LogP contribution in [0.5, 0.6) is 0 Å². The van der Waals surface area contributed by atoms with Crippen molar-refractivity contribution in [1.82, 2.24) is 10.2 Å². The number of benzene rings is 1. The van der Waals surface area contributed by atoms with Gasteiger partial charge in [-0.2, -0.15) is 0 Å². The number of hydrogen-bond acceptors (Lipinski definition) is 2. The summed E-state index contributed by atoms with van der Waals surface area (Å²) < 4.78 is 14.2. The highest BCUT2D eigenvalue weighted by Gasteiger charge is 2.30. The highest BCUT2D eigenvalue weighted by molar-refractivity contribution is 6.30. The molecule has 1 heterocycles. The number of nitrogens with one attached hydrogen (secondary N) is 1. The molecule has 1 N–H and O–H groups in total. The van der Waals surface area contributed by atoms with E-state index >= 15 is 0 Å². The van der Waals surface area contributed by atoms with Gasteiger partial charge < -0.3 is 5.32 Å². The Hall–Kier alpha value is -0.640. The fourth-order valence-electron chi connectivity index (χ4n) is 3.08. The monoisotopic (exact) mass is 312 g/mol. The smallest absolute Gasteiger partial charge is 0.146 e. The normalized spacial score (nSPS) is 25.0. The van der Waals surface area contributed by atoms with Crippen LogP contribution in [0.1, 0.15) is 39.2 Å². The zero-order valence-corrected chi connectivity index (χ0v) is 14.0. The van der Waals surface area contributed by atoms with Crippen LogP contribution >= 0.6 is 11.6 Å². The van der Waals surface area contributed by atoms with Gasteiger partial charge in [0.2, 0.25) is 0 Å². The topological polar surface area (TPSA) is 15.3 Å². The van der Waals surface area contributed by atoms with E-state index in [2.05, 4.69) is 31.0 Å². The average Bonchev–Trinajstić information content (AvgIpc) is 2.51. The van der Waals surface area contributed by atoms with Gasteiger partial charge in [0.25, 0.3) is 0 Å². The Kier molecular flexibility index (Phi) is 6.03. The van der Waals surface area contributed by atoms with E-state index in [1.54, 1.807) is 6.07 Å². The quantitative estimate of drug-likeness (QED) is 0.881. The molecule has 0 amide bonds. The molecule has 2 rings (SSSR count). The third-order valence-corrected chi connectivity index (χ3v) is 5.03. The molecule has 1 aliphatic heterocycles. The number of hydrogen-bond donors (Lipinski definition) is 1. The zero-order chi connectivity index (χ0) is 15.4. The SMILES string of the molecule is CCC1CN(Cc2cccc(Cl)c2F)C(C(C)CC)CN1. The van der Waals surface area contributed by atoms with Crippen LogP contribution in [-0.2, 0) is 6.54 Å². The molecule has 0 aromatic heterocycles. The van der Waals surface area contributed by atoms with Gasteiger partial charge in [0.05, 0.1) is 5.02 Å². The van der Waals surface area contributed by atoms with Gasteiger partial charge in [0.1, 0.15) is 5.82 Å². The molecule has 0 saturated carbocycles. The summed E-state index contributed by atoms with van der Waals surface area (Å²) in [6.07, 6.45) is 2.24. The summed E-state index contributed by atoms with van der Waals surface area (Å²) in [6, 6.07) is 6.24. The minimum atomic E-state index is -0.270. The zero-order valence-electron chi connectivity index (χ0n) is 13.2. The largest absolute Gasteiger partial charge is 0.311 e. The Morgan fingerprint density at radius 1 is 1.43 bits per heavy atom. The Morgan fingerprint density at radius 2 is 2.19 bits per heavy atom. The first-order chi connectivity index (χ1) is 10.1. The van der Waals surface area contributed by atoms with Crippen molar-refractivity contribution < 1.29 is 4.39 Å². The summed E-state index contributed by atoms with van der Waals surface area (Å²) >= 11 is 5.91. The Morgan fingerprint density at radius 3 is 2.86 bits per heavy atom. The van der Waals surface area contributed by atoms with E-state index in [-0.39, 0.29) is 10.8 Å². The molecule has 21 heavy (non-hydrogen) atoms. The van der Waals surface area contributed by atoms with Crippen molar-refractivity contribution in [2.75, 3.05) is 13.1 Å². The standard InChI is InChI=1S/C17H26ClFN2/c1-4-12(3)16-9-20-14(5-2)11-21(16)10-13-7-6-8-15(18)17(13)19/h6-8,12,14,16,20H,4-5,9-11H2,1-3H3. The van der Waals surface area contributed by atoms with Crippen LogP contribution in [0.15, 0.2) is 18.2 Å². The van der Waals surface area contributed by atoms with E-state index < -0.39 is 0 Å². The molecule has 2 nitrogen and oxygen atoms in total. The molecule has 1 aliphatic rings. The molecule has 3 atom stereocenters. The van der Waals surface area contributed by atoms with Crippen LogP contribution in [0.25, 0.3) is 0 Å². The van der Waals surface area contributed by atoms with Crippen LogP contribution < -0.4 is 5.32 Å². The van der Waals surface area contributed by atoms with Crippen molar-refractivity contribution in [3.05, 3.63) is 34.6 Å². The second kappa shape index (κ2) is 7.57. The van der Waals surface area contributed by atoms with Gasteiger partial charge in [-0.25, -0.2) is 4.39 Å². The maximum absolute atomic E-state index is 14.2. The summed E-state index contributed by atoms with van der Waals surface area (Å²) in [5.74, 6) is 0.325. The van der Waals surface area contributed by atoms with E-state index in [4.69, 9.17) is 11.6 Å². The molecule has 0 aliphatic carbocycles. The lowest BCUT2D eigenvalue weighted by atomic mass is 9.93. The second-order valence-electron chi connectivity index (χ2n) is 6.11. The van der Waals surface area contributed by atoms with Crippen LogP contribution in [0.2, 0.25) is 5.02 Å². The van der Waals surface area contributed by atoms with Gasteiger partial charge in [-0.3, -0.25) is 4.90 Å². The lowest BCUT2D eigenvalue weighted by Crippen LogP contribution is -2.57. The molecule has 1 fully saturated rings. The Bertz CT molecular complexity index is 466. The number of piperazine rings is 1. The molecule has 1 saturated heterocycles. The van der Waals surface area contributed by atoms with E-state index in [1.807, 2.05) is 12.1 Å². The van der Waals surface area contributed by atoms with Gasteiger partial charge in [0, 0.05) is 37.3 Å². The third kappa shape index (κ3) is 3.97. The lowest BCUT2D eigenvalue weighted by Gasteiger charge is -2.43. The molecule has 0 bridgehead atoms. The van der Waals surface area contributed by atoms with Crippen LogP contribution in [0.3, 0.4) is 0 Å². The molecule has 0 spiro atoms. The molecule has 1 aromatic carbocycles. The average molecular weight is 313 g/mol. The molecule has 0 radical (unpaired) electrons. The van der Waals surface area contributed by atoms with Gasteiger partial charge in [-0.15, -0.1) is 0 Å². The summed E-state index contributed by atoms with van der Waals surface area (Å²) in [6.45, 7) is 9.28. The number of halogens is 2. The molecular weight excluding hydrogens is 287 g/mol. The van der Waals surface area contributed by atoms with Crippen LogP contribution in [0, 0.1) is 11.7 Å². The summed E-state index contributed by atoms with van der Waals surface area (Å²) in [5.41, 5.74) is 0.701. The predicted octanol–water partition coefficient (Wildman–Crippen LogP) is 4.08. The fourth-order valence-corrected chi connectivity index (χ4v) is 3.27. The minimum Gasteiger partial charge on any atom is -0.311 e. The summed E-state index contributed by atoms with van der Waals surface area (Å²) in [4.78, 5) is 2.42. The van der Waals surface area contributed by atoms with E-state index in [1.165, 1.54) is 0 Å². The summed E-state index contributed by atoms with van der Waals surface area (Å²) in [5, 5.41) is 3.83. The third-order valence-electron chi connectivity index (χ3n) is 4.74. The highest BCUT2D eigenvalue weighted by atomic mass is 35.5. The maximum Gasteiger partial charge on any atom is 0.146 e. The Labute approximate surface area is 132 Å². The second-order valence-corrected chi connectivity index (χ2v) is 6.52. The number of nitrogens with zero attached hydrogens (tertiary/aromatic N) is 1. The van der Waals surface area contributed by atoms with Crippen molar-refractivity contribution in [2.24, 2.45) is 5.92 Å². The maximum atomic E-state index is 14.2. The molecule has 3 unspecified atom stereocenters. The van der Waals surface area contributed by atoms with E-state index in [0.29, 0.717) is 30.1 Å². The van der Waals surface area contributed by atoms with Gasteiger partial charge in [-0.05, 0) is 18.4 Å². The van der Waals surface area contributed by atoms with Crippen LogP contribution in [0.4, 0.5) is 4.39 Å². The molecule has 1 aromatic rings. The fraction of sp³-hybridized carbons (Fsp3) is 0.647. The van der Waals surface area contributed by atoms with Gasteiger partial charge in [0.15, 0.2) is 0 Å². The Balaban J connectivity index is 2.17. The summed E-state index contributed by atoms with van der Waals surface area (Å²) in [7, 11) is 0. The predicted molar refractivity (Wildman–Crippen MR) is 87.1 cm³/mol. The first-order valence-corrected chi connectivity index (χ1v) is 8.34. The first kappa shape index (κ1) is 16.7. The molecular formula is C17H26ClFN2. The molecule has 118 valence electrons. The minimum absolute atomic E-state index is 0.217. The van der Waals surface area contributed by atoms with Gasteiger partial charge in [-0.1, -0.05) is 50.9 Å². The highest BCUT2D eigenvalue weighted by Crippen LogP contribution is 2.24. The van der Waals surface area contributed by atoms with Crippen molar-refractivity contribution >= 4 is 11.6 Å². The van der Waals surface area contributed by atoms with Crippen LogP contribution in [-0.4, -0.2) is 30.1 Å². The number of rotatable bonds is 5. The van der Waals surface area contributed by atoms with Crippen molar-refractivity contribution in [3.63, 3.8) is 0 Å². The lowest BCUT2D eigenvalue weighted by molar-refractivity contribution is 0.0822. The first-order valence-electron chi connectivity index (χ1n) is 7.97. The van der Waals surface area contributed by atoms with E-state index in [0.717, 1.165) is 25.9 Å².